The summed E-state index contributed by atoms with van der Waals surface area (Å²) in [4.78, 5) is 2.50. The number of nitrogens with two attached hydrogens (primary N) is 1. The van der Waals surface area contributed by atoms with Crippen LogP contribution in [0.2, 0.25) is 10.0 Å². The minimum absolute atomic E-state index is 0.168. The molecule has 1 heterocycles. The second-order valence-corrected chi connectivity index (χ2v) is 6.37. The second-order valence-electron chi connectivity index (χ2n) is 5.59. The molecule has 2 rings (SSSR count). The normalized spacial score (nSPS) is 22.1. The second kappa shape index (κ2) is 6.45. The third kappa shape index (κ3) is 3.08. The molecule has 0 bridgehead atoms. The molecule has 0 saturated carbocycles. The molecule has 1 aliphatic heterocycles. The van der Waals surface area contributed by atoms with Gasteiger partial charge in [0.25, 0.3) is 0 Å². The quantitative estimate of drug-likeness (QED) is 0.906. The lowest BCUT2D eigenvalue weighted by molar-refractivity contribution is 0.149. The van der Waals surface area contributed by atoms with Gasteiger partial charge in [-0.1, -0.05) is 49.2 Å². The molecule has 1 aromatic carbocycles. The van der Waals surface area contributed by atoms with Crippen molar-refractivity contribution < 1.29 is 0 Å². The van der Waals surface area contributed by atoms with Crippen molar-refractivity contribution in [2.45, 2.75) is 38.8 Å². The van der Waals surface area contributed by atoms with E-state index in [9.17, 15) is 0 Å². The number of likely N-dealkylation sites (tertiary alicyclic amines) is 1. The van der Waals surface area contributed by atoms with Crippen LogP contribution in [-0.2, 0) is 0 Å². The van der Waals surface area contributed by atoms with Crippen molar-refractivity contribution in [1.29, 1.82) is 0 Å². The summed E-state index contributed by atoms with van der Waals surface area (Å²) in [6, 6.07) is 6.57. The van der Waals surface area contributed by atoms with Crippen LogP contribution in [0.4, 0.5) is 0 Å². The van der Waals surface area contributed by atoms with Gasteiger partial charge in [-0.25, -0.2) is 0 Å². The molecule has 19 heavy (non-hydrogen) atoms. The first kappa shape index (κ1) is 15.1. The van der Waals surface area contributed by atoms with Gasteiger partial charge in [0.2, 0.25) is 0 Å². The van der Waals surface area contributed by atoms with E-state index in [0.29, 0.717) is 28.5 Å². The van der Waals surface area contributed by atoms with Crippen molar-refractivity contribution in [3.05, 3.63) is 33.8 Å². The zero-order valence-electron chi connectivity index (χ0n) is 11.6. The van der Waals surface area contributed by atoms with E-state index in [-0.39, 0.29) is 6.04 Å². The van der Waals surface area contributed by atoms with E-state index in [2.05, 4.69) is 18.7 Å². The molecule has 2 nitrogen and oxygen atoms in total. The Bertz CT molecular complexity index is 434. The predicted molar refractivity (Wildman–Crippen MR) is 82.8 cm³/mol. The van der Waals surface area contributed by atoms with Crippen LogP contribution in [0.25, 0.3) is 0 Å². The van der Waals surface area contributed by atoms with Crippen LogP contribution in [0.1, 0.15) is 38.3 Å². The highest BCUT2D eigenvalue weighted by atomic mass is 35.5. The molecule has 0 aromatic heterocycles. The van der Waals surface area contributed by atoms with Crippen LogP contribution >= 0.6 is 23.2 Å². The zero-order chi connectivity index (χ0) is 14.0. The summed E-state index contributed by atoms with van der Waals surface area (Å²) in [5, 5.41) is 1.26. The SMILES string of the molecule is CC(C)C1CCCN1C(CN)c1cccc(Cl)c1Cl. The summed E-state index contributed by atoms with van der Waals surface area (Å²) < 4.78 is 0. The highest BCUT2D eigenvalue weighted by Crippen LogP contribution is 2.37. The van der Waals surface area contributed by atoms with Crippen molar-refractivity contribution in [3.8, 4) is 0 Å². The highest BCUT2D eigenvalue weighted by Gasteiger charge is 2.33. The number of halogens is 2. The van der Waals surface area contributed by atoms with Gasteiger partial charge in [-0.2, -0.15) is 0 Å². The lowest BCUT2D eigenvalue weighted by Crippen LogP contribution is -2.40. The Hall–Kier alpha value is -0.280. The first-order valence-electron chi connectivity index (χ1n) is 6.96. The average molecular weight is 301 g/mol. The van der Waals surface area contributed by atoms with Crippen LogP contribution < -0.4 is 5.73 Å². The maximum atomic E-state index is 6.36. The van der Waals surface area contributed by atoms with Crippen LogP contribution in [0.3, 0.4) is 0 Å². The van der Waals surface area contributed by atoms with Gasteiger partial charge in [0.15, 0.2) is 0 Å². The Labute approximate surface area is 125 Å². The minimum Gasteiger partial charge on any atom is -0.329 e. The molecule has 2 atom stereocenters. The molecule has 0 radical (unpaired) electrons. The molecule has 1 aliphatic rings. The summed E-state index contributed by atoms with van der Waals surface area (Å²) in [5.74, 6) is 0.634. The van der Waals surface area contributed by atoms with Gasteiger partial charge >= 0.3 is 0 Å². The summed E-state index contributed by atoms with van der Waals surface area (Å²) >= 11 is 12.5. The van der Waals surface area contributed by atoms with E-state index in [4.69, 9.17) is 28.9 Å². The summed E-state index contributed by atoms with van der Waals surface area (Å²) in [7, 11) is 0. The van der Waals surface area contributed by atoms with E-state index < -0.39 is 0 Å². The molecule has 0 aliphatic carbocycles. The number of hydrogen-bond acceptors (Lipinski definition) is 2. The van der Waals surface area contributed by atoms with Crippen LogP contribution in [-0.4, -0.2) is 24.0 Å². The van der Waals surface area contributed by atoms with E-state index >= 15 is 0 Å². The van der Waals surface area contributed by atoms with E-state index in [0.717, 1.165) is 12.1 Å². The minimum atomic E-state index is 0.168. The fraction of sp³-hybridized carbons (Fsp3) is 0.600. The molecular formula is C15H22Cl2N2. The molecule has 1 fully saturated rings. The molecule has 0 spiro atoms. The summed E-state index contributed by atoms with van der Waals surface area (Å²) in [6.45, 7) is 6.21. The maximum Gasteiger partial charge on any atom is 0.0640 e. The molecule has 1 saturated heterocycles. The first-order chi connectivity index (χ1) is 9.06. The largest absolute Gasteiger partial charge is 0.329 e. The topological polar surface area (TPSA) is 29.3 Å². The Morgan fingerprint density at radius 1 is 1.37 bits per heavy atom. The van der Waals surface area contributed by atoms with Crippen molar-refractivity contribution >= 4 is 23.2 Å². The van der Waals surface area contributed by atoms with Gasteiger partial charge in [0.1, 0.15) is 0 Å². The summed E-state index contributed by atoms with van der Waals surface area (Å²) in [5.41, 5.74) is 7.08. The van der Waals surface area contributed by atoms with Crippen molar-refractivity contribution in [2.75, 3.05) is 13.1 Å². The van der Waals surface area contributed by atoms with Crippen LogP contribution in [0, 0.1) is 5.92 Å². The fourth-order valence-electron chi connectivity index (χ4n) is 3.14. The van der Waals surface area contributed by atoms with Gasteiger partial charge in [0, 0.05) is 18.6 Å². The Balaban J connectivity index is 2.31. The van der Waals surface area contributed by atoms with Gasteiger partial charge in [-0.05, 0) is 36.9 Å². The monoisotopic (exact) mass is 300 g/mol. The van der Waals surface area contributed by atoms with Crippen molar-refractivity contribution in [2.24, 2.45) is 11.7 Å². The Morgan fingerprint density at radius 3 is 2.74 bits per heavy atom. The molecule has 106 valence electrons. The zero-order valence-corrected chi connectivity index (χ0v) is 13.1. The first-order valence-corrected chi connectivity index (χ1v) is 7.71. The highest BCUT2D eigenvalue weighted by molar-refractivity contribution is 6.42. The van der Waals surface area contributed by atoms with Crippen molar-refractivity contribution in [1.82, 2.24) is 4.90 Å². The Morgan fingerprint density at radius 2 is 2.11 bits per heavy atom. The summed E-state index contributed by atoms with van der Waals surface area (Å²) in [6.07, 6.45) is 2.48. The van der Waals surface area contributed by atoms with Crippen molar-refractivity contribution in [3.63, 3.8) is 0 Å². The maximum absolute atomic E-state index is 6.36. The molecule has 2 N–H and O–H groups in total. The van der Waals surface area contributed by atoms with Gasteiger partial charge in [-0.3, -0.25) is 4.90 Å². The van der Waals surface area contributed by atoms with Gasteiger partial charge < -0.3 is 5.73 Å². The number of rotatable bonds is 4. The molecular weight excluding hydrogens is 279 g/mol. The van der Waals surface area contributed by atoms with Crippen LogP contribution in [0.5, 0.6) is 0 Å². The molecule has 1 aromatic rings. The van der Waals surface area contributed by atoms with Gasteiger partial charge in [-0.15, -0.1) is 0 Å². The third-order valence-electron chi connectivity index (χ3n) is 4.08. The van der Waals surface area contributed by atoms with E-state index in [1.54, 1.807) is 0 Å². The average Bonchev–Trinajstić information content (AvgIpc) is 2.85. The van der Waals surface area contributed by atoms with Crippen LogP contribution in [0.15, 0.2) is 18.2 Å². The Kier molecular flexibility index (Phi) is 5.13. The number of benzene rings is 1. The standard InChI is InChI=1S/C15H22Cl2N2/c1-10(2)13-7-4-8-19(13)14(9-18)11-5-3-6-12(16)15(11)17/h3,5-6,10,13-14H,4,7-9,18H2,1-2H3. The number of hydrogen-bond donors (Lipinski definition) is 1. The third-order valence-corrected chi connectivity index (χ3v) is 4.91. The lowest BCUT2D eigenvalue weighted by Gasteiger charge is -2.35. The predicted octanol–water partition coefficient (Wildman–Crippen LogP) is 4.11. The van der Waals surface area contributed by atoms with E-state index in [1.807, 2.05) is 18.2 Å². The molecule has 2 unspecified atom stereocenters. The fourth-order valence-corrected chi connectivity index (χ4v) is 3.57. The van der Waals surface area contributed by atoms with E-state index in [1.165, 1.54) is 12.8 Å². The lowest BCUT2D eigenvalue weighted by atomic mass is 9.98. The molecule has 0 amide bonds. The van der Waals surface area contributed by atoms with Gasteiger partial charge in [0.05, 0.1) is 10.0 Å². The smallest absolute Gasteiger partial charge is 0.0640 e. The number of nitrogens with zero attached hydrogens (tertiary/aromatic N) is 1. The molecule has 4 heteroatoms.